The molecule has 1 saturated heterocycles. The van der Waals surface area contributed by atoms with Gasteiger partial charge in [-0.15, -0.1) is 12.4 Å². The van der Waals surface area contributed by atoms with Crippen LogP contribution < -0.4 is 11.1 Å². The molecule has 4 nitrogen and oxygen atoms in total. The molecule has 2 atom stereocenters. The minimum absolute atomic E-state index is 0. The molecule has 0 bridgehead atoms. The highest BCUT2D eigenvalue weighted by Crippen LogP contribution is 2.18. The highest BCUT2D eigenvalue weighted by molar-refractivity contribution is 5.85. The summed E-state index contributed by atoms with van der Waals surface area (Å²) in [6.07, 6.45) is 3.33. The lowest BCUT2D eigenvalue weighted by Gasteiger charge is -2.37. The third kappa shape index (κ3) is 5.75. The van der Waals surface area contributed by atoms with Gasteiger partial charge in [-0.25, -0.2) is 4.39 Å². The number of amides is 1. The number of hydrogen-bond acceptors (Lipinski definition) is 3. The second-order valence-corrected chi connectivity index (χ2v) is 6.25. The average molecular weight is 344 g/mol. The number of nitrogens with one attached hydrogen (secondary N) is 1. The Kier molecular flexibility index (Phi) is 7.95. The Labute approximate surface area is 144 Å². The van der Waals surface area contributed by atoms with Crippen LogP contribution in [0.1, 0.15) is 37.3 Å². The maximum Gasteiger partial charge on any atom is 0.234 e. The number of nitrogens with two attached hydrogens (primary N) is 1. The van der Waals surface area contributed by atoms with Gasteiger partial charge >= 0.3 is 0 Å². The van der Waals surface area contributed by atoms with Crippen molar-refractivity contribution in [2.24, 2.45) is 5.73 Å². The number of nitrogens with zero attached hydrogens (tertiary/aromatic N) is 1. The molecule has 0 radical (unpaired) electrons. The molecule has 130 valence electrons. The first kappa shape index (κ1) is 19.9. The summed E-state index contributed by atoms with van der Waals surface area (Å²) in [5.74, 6) is -0.270. The van der Waals surface area contributed by atoms with Gasteiger partial charge in [0, 0.05) is 18.6 Å². The van der Waals surface area contributed by atoms with E-state index in [9.17, 15) is 9.18 Å². The van der Waals surface area contributed by atoms with Gasteiger partial charge in [-0.2, -0.15) is 0 Å². The van der Waals surface area contributed by atoms with Gasteiger partial charge in [-0.05, 0) is 50.4 Å². The lowest BCUT2D eigenvalue weighted by molar-refractivity contribution is -0.123. The van der Waals surface area contributed by atoms with E-state index in [0.717, 1.165) is 24.9 Å². The first-order valence-electron chi connectivity index (χ1n) is 7.98. The van der Waals surface area contributed by atoms with Crippen LogP contribution in [0, 0.1) is 12.7 Å². The average Bonchev–Trinajstić information content (AvgIpc) is 2.49. The van der Waals surface area contributed by atoms with Crippen LogP contribution >= 0.6 is 12.4 Å². The van der Waals surface area contributed by atoms with Gasteiger partial charge in [0.1, 0.15) is 5.82 Å². The predicted molar refractivity (Wildman–Crippen MR) is 93.1 cm³/mol. The van der Waals surface area contributed by atoms with Gasteiger partial charge < -0.3 is 11.1 Å². The van der Waals surface area contributed by atoms with Crippen LogP contribution in [-0.2, 0) is 11.3 Å². The Hall–Kier alpha value is -1.17. The smallest absolute Gasteiger partial charge is 0.234 e. The van der Waals surface area contributed by atoms with Crippen molar-refractivity contribution < 1.29 is 9.18 Å². The van der Waals surface area contributed by atoms with E-state index in [2.05, 4.69) is 10.2 Å². The van der Waals surface area contributed by atoms with Crippen LogP contribution in [0.5, 0.6) is 0 Å². The van der Waals surface area contributed by atoms with E-state index in [4.69, 9.17) is 5.73 Å². The van der Waals surface area contributed by atoms with Crippen molar-refractivity contribution in [1.82, 2.24) is 10.2 Å². The summed E-state index contributed by atoms with van der Waals surface area (Å²) in [4.78, 5) is 14.3. The largest absolute Gasteiger partial charge is 0.351 e. The van der Waals surface area contributed by atoms with Gasteiger partial charge in [-0.1, -0.05) is 18.6 Å². The third-order valence-corrected chi connectivity index (χ3v) is 4.34. The van der Waals surface area contributed by atoms with Crippen LogP contribution in [0.3, 0.4) is 0 Å². The number of carbonyl (C=O) groups is 1. The lowest BCUT2D eigenvalue weighted by atomic mass is 9.97. The maximum absolute atomic E-state index is 13.5. The van der Waals surface area contributed by atoms with Crippen molar-refractivity contribution in [2.75, 3.05) is 13.1 Å². The Morgan fingerprint density at radius 1 is 1.48 bits per heavy atom. The van der Waals surface area contributed by atoms with Crippen molar-refractivity contribution in [3.8, 4) is 0 Å². The first-order chi connectivity index (χ1) is 10.5. The van der Waals surface area contributed by atoms with Crippen LogP contribution in [0.25, 0.3) is 0 Å². The van der Waals surface area contributed by atoms with Crippen molar-refractivity contribution >= 4 is 18.3 Å². The summed E-state index contributed by atoms with van der Waals surface area (Å²) in [5.41, 5.74) is 7.40. The molecule has 2 unspecified atom stereocenters. The highest BCUT2D eigenvalue weighted by atomic mass is 35.5. The lowest BCUT2D eigenvalue weighted by Crippen LogP contribution is -2.52. The van der Waals surface area contributed by atoms with Crippen LogP contribution in [-0.4, -0.2) is 36.0 Å². The summed E-state index contributed by atoms with van der Waals surface area (Å²) < 4.78 is 13.5. The van der Waals surface area contributed by atoms with Crippen LogP contribution in [0.2, 0.25) is 0 Å². The predicted octanol–water partition coefficient (Wildman–Crippen LogP) is 2.37. The standard InChI is InChI=1S/C17H26FN3O.ClH/c1-12-6-7-14(9-15(12)18)10-20-17(22)11-21-8-4-3-5-16(21)13(2)19;/h6-7,9,13,16H,3-5,8,10-11,19H2,1-2H3,(H,20,22);1H. The molecule has 0 aliphatic carbocycles. The molecule has 1 fully saturated rings. The molecule has 0 saturated carbocycles. The molecule has 1 amide bonds. The van der Waals surface area contributed by atoms with E-state index >= 15 is 0 Å². The fraction of sp³-hybridized carbons (Fsp3) is 0.588. The van der Waals surface area contributed by atoms with Crippen molar-refractivity contribution in [2.45, 2.75) is 51.7 Å². The molecule has 0 aromatic heterocycles. The Balaban J connectivity index is 0.00000264. The quantitative estimate of drug-likeness (QED) is 0.863. The summed E-state index contributed by atoms with van der Waals surface area (Å²) >= 11 is 0. The third-order valence-electron chi connectivity index (χ3n) is 4.34. The van der Waals surface area contributed by atoms with Gasteiger partial charge in [0.05, 0.1) is 6.54 Å². The zero-order valence-corrected chi connectivity index (χ0v) is 14.7. The highest BCUT2D eigenvalue weighted by Gasteiger charge is 2.26. The first-order valence-corrected chi connectivity index (χ1v) is 7.98. The fourth-order valence-electron chi connectivity index (χ4n) is 3.00. The summed E-state index contributed by atoms with van der Waals surface area (Å²) in [7, 11) is 0. The van der Waals surface area contributed by atoms with Crippen molar-refractivity contribution in [3.05, 3.63) is 35.1 Å². The van der Waals surface area contributed by atoms with E-state index in [1.165, 1.54) is 12.5 Å². The topological polar surface area (TPSA) is 58.4 Å². The summed E-state index contributed by atoms with van der Waals surface area (Å²) in [5, 5.41) is 2.86. The molecule has 1 aromatic carbocycles. The van der Waals surface area contributed by atoms with Crippen LogP contribution in [0.4, 0.5) is 4.39 Å². The SMILES string of the molecule is Cc1ccc(CNC(=O)CN2CCCCC2C(C)N)cc1F.Cl. The van der Waals surface area contributed by atoms with Crippen molar-refractivity contribution in [1.29, 1.82) is 0 Å². The minimum atomic E-state index is -0.236. The van der Waals surface area contributed by atoms with Crippen molar-refractivity contribution in [3.63, 3.8) is 0 Å². The van der Waals surface area contributed by atoms with Gasteiger partial charge in [0.15, 0.2) is 0 Å². The zero-order chi connectivity index (χ0) is 16.1. The molecule has 1 aromatic rings. The number of hydrogen-bond donors (Lipinski definition) is 2. The van der Waals surface area contributed by atoms with Gasteiger partial charge in [0.2, 0.25) is 5.91 Å². The summed E-state index contributed by atoms with van der Waals surface area (Å²) in [6.45, 7) is 5.35. The molecule has 3 N–H and O–H groups in total. The molecule has 1 aliphatic rings. The van der Waals surface area contributed by atoms with E-state index in [0.29, 0.717) is 18.7 Å². The number of likely N-dealkylation sites (tertiary alicyclic amines) is 1. The van der Waals surface area contributed by atoms with E-state index in [-0.39, 0.29) is 36.2 Å². The number of piperidine rings is 1. The number of rotatable bonds is 5. The Morgan fingerprint density at radius 3 is 2.87 bits per heavy atom. The number of benzene rings is 1. The Bertz CT molecular complexity index is 525. The van der Waals surface area contributed by atoms with Crippen LogP contribution in [0.15, 0.2) is 18.2 Å². The minimum Gasteiger partial charge on any atom is -0.351 e. The molecule has 1 aliphatic heterocycles. The molecule has 23 heavy (non-hydrogen) atoms. The van der Waals surface area contributed by atoms with E-state index < -0.39 is 0 Å². The maximum atomic E-state index is 13.5. The summed E-state index contributed by atoms with van der Waals surface area (Å²) in [6, 6.07) is 5.38. The normalized spacial score (nSPS) is 19.7. The molecular formula is C17H27ClFN3O. The molecule has 2 rings (SSSR count). The monoisotopic (exact) mass is 343 g/mol. The molecular weight excluding hydrogens is 317 g/mol. The van der Waals surface area contributed by atoms with Gasteiger partial charge in [-0.3, -0.25) is 9.69 Å². The zero-order valence-electron chi connectivity index (χ0n) is 13.8. The van der Waals surface area contributed by atoms with Gasteiger partial charge in [0.25, 0.3) is 0 Å². The van der Waals surface area contributed by atoms with E-state index in [1.54, 1.807) is 13.0 Å². The second kappa shape index (κ2) is 9.21. The Morgan fingerprint density at radius 2 is 2.22 bits per heavy atom. The molecule has 0 spiro atoms. The van der Waals surface area contributed by atoms with E-state index in [1.807, 2.05) is 13.0 Å². The molecule has 1 heterocycles. The molecule has 6 heteroatoms. The fourth-order valence-corrected chi connectivity index (χ4v) is 3.00. The number of halogens is 2. The second-order valence-electron chi connectivity index (χ2n) is 6.25. The number of aryl methyl sites for hydroxylation is 1. The number of carbonyl (C=O) groups excluding carboxylic acids is 1.